The summed E-state index contributed by atoms with van der Waals surface area (Å²) in [6, 6.07) is -6.28. The standard InChI is InChI=1S/C34H58N12O8/c1-18(2)12-24(28(48)40-16-27(47)43-25(13-19(3)4)30(50)42-20(5)33(53)54)45-29(49)23(8-6-10-39-34(36)37)44-31(51)26-9-7-11-46(26)32(52)22(35)14-21-15-38-17-41-21/h15,17-20,22-26H,6-14,16,35H2,1-5H3,(H,38,41)(H,40,48)(H,42,50)(H,43,47)(H,44,51)(H,45,49)(H,53,54)(H4,36,37,39)/t20-,22-,23-,24-,25-,26-/m0/s1. The number of carboxylic acid groups (broad SMARTS) is 1. The Bertz CT molecular complexity index is 1460. The second-order valence-electron chi connectivity index (χ2n) is 14.3. The van der Waals surface area contributed by atoms with Crippen LogP contribution in [-0.4, -0.2) is 123 Å². The third-order valence-electron chi connectivity index (χ3n) is 8.58. The van der Waals surface area contributed by atoms with Gasteiger partial charge in [0.25, 0.3) is 0 Å². The SMILES string of the molecule is CC(C)C[C@H](NC(=O)CNC(=O)[C@H](CC(C)C)NC(=O)[C@H](CCCN=C(N)N)NC(=O)[C@@H]1CCCN1C(=O)[C@@H](N)Cc1cnc[nH]1)C(=O)N[C@@H](C)C(=O)O. The van der Waals surface area contributed by atoms with Gasteiger partial charge in [-0.2, -0.15) is 0 Å². The number of aromatic nitrogens is 2. The van der Waals surface area contributed by atoms with Crippen LogP contribution in [0.4, 0.5) is 0 Å². The van der Waals surface area contributed by atoms with Crippen LogP contribution in [0.1, 0.15) is 78.8 Å². The molecule has 1 aliphatic rings. The van der Waals surface area contributed by atoms with Crippen LogP contribution in [0.15, 0.2) is 17.5 Å². The van der Waals surface area contributed by atoms with Crippen molar-refractivity contribution in [2.45, 2.75) is 116 Å². The summed E-state index contributed by atoms with van der Waals surface area (Å²) < 4.78 is 0. The molecule has 0 aromatic carbocycles. The van der Waals surface area contributed by atoms with Crippen molar-refractivity contribution >= 4 is 47.4 Å². The molecule has 1 aliphatic heterocycles. The summed E-state index contributed by atoms with van der Waals surface area (Å²) in [5.41, 5.74) is 17.7. The monoisotopic (exact) mass is 762 g/mol. The smallest absolute Gasteiger partial charge is 0.325 e. The third kappa shape index (κ3) is 15.4. The number of hydrogen-bond donors (Lipinski definition) is 10. The molecule has 20 nitrogen and oxygen atoms in total. The van der Waals surface area contributed by atoms with Gasteiger partial charge >= 0.3 is 5.97 Å². The zero-order chi connectivity index (χ0) is 40.5. The molecule has 0 radical (unpaired) electrons. The number of aliphatic carboxylic acids is 1. The summed E-state index contributed by atoms with van der Waals surface area (Å²) in [5, 5.41) is 22.0. The molecule has 54 heavy (non-hydrogen) atoms. The van der Waals surface area contributed by atoms with Crippen LogP contribution >= 0.6 is 0 Å². The van der Waals surface area contributed by atoms with E-state index in [-0.39, 0.29) is 56.4 Å². The van der Waals surface area contributed by atoms with Gasteiger partial charge in [0, 0.05) is 31.4 Å². The summed E-state index contributed by atoms with van der Waals surface area (Å²) in [6.07, 6.45) is 4.91. The Morgan fingerprint density at radius 1 is 0.926 bits per heavy atom. The lowest BCUT2D eigenvalue weighted by Crippen LogP contribution is -2.58. The normalized spacial score (nSPS) is 16.7. The highest BCUT2D eigenvalue weighted by Crippen LogP contribution is 2.20. The fraction of sp³-hybridized carbons (Fsp3) is 0.676. The summed E-state index contributed by atoms with van der Waals surface area (Å²) >= 11 is 0. The molecule has 0 saturated carbocycles. The van der Waals surface area contributed by atoms with Crippen molar-refractivity contribution in [1.82, 2.24) is 41.5 Å². The second kappa shape index (κ2) is 22.1. The minimum atomic E-state index is -1.24. The van der Waals surface area contributed by atoms with Gasteiger partial charge in [0.2, 0.25) is 35.4 Å². The van der Waals surface area contributed by atoms with Gasteiger partial charge in [0.1, 0.15) is 30.2 Å². The number of hydrogen-bond acceptors (Lipinski definition) is 10. The van der Waals surface area contributed by atoms with E-state index in [0.717, 1.165) is 0 Å². The predicted octanol–water partition coefficient (Wildman–Crippen LogP) is -2.42. The zero-order valence-electron chi connectivity index (χ0n) is 31.7. The highest BCUT2D eigenvalue weighted by molar-refractivity contribution is 5.96. The van der Waals surface area contributed by atoms with E-state index in [4.69, 9.17) is 22.3 Å². The Balaban J connectivity index is 2.15. The number of rotatable bonds is 22. The average Bonchev–Trinajstić information content (AvgIpc) is 3.79. The summed E-state index contributed by atoms with van der Waals surface area (Å²) in [7, 11) is 0. The Labute approximate surface area is 315 Å². The van der Waals surface area contributed by atoms with Crippen molar-refractivity contribution < 1.29 is 38.7 Å². The summed E-state index contributed by atoms with van der Waals surface area (Å²) in [4.78, 5) is 103. The second-order valence-corrected chi connectivity index (χ2v) is 14.3. The van der Waals surface area contributed by atoms with Crippen LogP contribution in [0.25, 0.3) is 0 Å². The van der Waals surface area contributed by atoms with E-state index < -0.39 is 84.2 Å². The number of aromatic amines is 1. The lowest BCUT2D eigenvalue weighted by Gasteiger charge is -2.29. The molecule has 1 aromatic heterocycles. The molecule has 6 atom stereocenters. The molecular formula is C34H58N12O8. The number of carboxylic acids is 1. The van der Waals surface area contributed by atoms with Crippen molar-refractivity contribution in [2.24, 2.45) is 34.0 Å². The maximum absolute atomic E-state index is 13.8. The number of aliphatic imine (C=N–C) groups is 1. The van der Waals surface area contributed by atoms with Gasteiger partial charge in [-0.1, -0.05) is 27.7 Å². The molecule has 2 rings (SSSR count). The van der Waals surface area contributed by atoms with Crippen molar-refractivity contribution in [3.05, 3.63) is 18.2 Å². The van der Waals surface area contributed by atoms with Crippen LogP contribution in [-0.2, 0) is 40.0 Å². The van der Waals surface area contributed by atoms with Gasteiger partial charge in [0.05, 0.1) is 18.9 Å². The molecule has 1 aromatic rings. The Morgan fingerprint density at radius 3 is 2.13 bits per heavy atom. The van der Waals surface area contributed by atoms with Gasteiger partial charge in [0.15, 0.2) is 5.96 Å². The molecule has 0 bridgehead atoms. The fourth-order valence-electron chi connectivity index (χ4n) is 5.87. The van der Waals surface area contributed by atoms with Gasteiger partial charge in [-0.05, 0) is 57.3 Å². The van der Waals surface area contributed by atoms with Gasteiger partial charge < -0.3 is 58.8 Å². The first kappa shape index (κ1) is 44.9. The van der Waals surface area contributed by atoms with Crippen molar-refractivity contribution in [2.75, 3.05) is 19.6 Å². The lowest BCUT2D eigenvalue weighted by atomic mass is 10.0. The minimum Gasteiger partial charge on any atom is -0.480 e. The van der Waals surface area contributed by atoms with E-state index in [9.17, 15) is 33.6 Å². The first-order chi connectivity index (χ1) is 25.4. The van der Waals surface area contributed by atoms with E-state index in [1.165, 1.54) is 18.2 Å². The number of likely N-dealkylation sites (tertiary alicyclic amines) is 1. The van der Waals surface area contributed by atoms with Crippen LogP contribution in [0.5, 0.6) is 0 Å². The molecule has 1 saturated heterocycles. The van der Waals surface area contributed by atoms with E-state index in [1.54, 1.807) is 6.20 Å². The zero-order valence-corrected chi connectivity index (χ0v) is 31.7. The number of nitrogens with zero attached hydrogens (tertiary/aromatic N) is 3. The molecule has 0 spiro atoms. The average molecular weight is 763 g/mol. The minimum absolute atomic E-state index is 0.0309. The quantitative estimate of drug-likeness (QED) is 0.0335. The summed E-state index contributed by atoms with van der Waals surface area (Å²) in [5.74, 6) is -5.21. The molecule has 302 valence electrons. The van der Waals surface area contributed by atoms with E-state index in [1.807, 2.05) is 27.7 Å². The largest absolute Gasteiger partial charge is 0.480 e. The van der Waals surface area contributed by atoms with E-state index >= 15 is 0 Å². The highest BCUT2D eigenvalue weighted by Gasteiger charge is 2.38. The van der Waals surface area contributed by atoms with Gasteiger partial charge in [-0.3, -0.25) is 38.6 Å². The number of guanidine groups is 1. The number of carbonyl (C=O) groups excluding carboxylic acids is 6. The number of nitrogens with one attached hydrogen (secondary N) is 6. The van der Waals surface area contributed by atoms with Crippen LogP contribution < -0.4 is 43.8 Å². The molecule has 6 amide bonds. The number of nitrogens with two attached hydrogens (primary N) is 3. The molecule has 20 heteroatoms. The Kier molecular flexibility index (Phi) is 18.3. The Morgan fingerprint density at radius 2 is 1.56 bits per heavy atom. The first-order valence-electron chi connectivity index (χ1n) is 18.2. The fourth-order valence-corrected chi connectivity index (χ4v) is 5.87. The van der Waals surface area contributed by atoms with Crippen LogP contribution in [0.3, 0.4) is 0 Å². The maximum atomic E-state index is 13.8. The van der Waals surface area contributed by atoms with Gasteiger partial charge in [-0.25, -0.2) is 4.98 Å². The van der Waals surface area contributed by atoms with Crippen molar-refractivity contribution in [3.8, 4) is 0 Å². The number of imidazole rings is 1. The third-order valence-corrected chi connectivity index (χ3v) is 8.58. The lowest BCUT2D eigenvalue weighted by molar-refractivity contribution is -0.141. The van der Waals surface area contributed by atoms with Gasteiger partial charge in [-0.15, -0.1) is 0 Å². The van der Waals surface area contributed by atoms with Crippen LogP contribution in [0, 0.1) is 11.8 Å². The topological polar surface area (TPSA) is 322 Å². The first-order valence-corrected chi connectivity index (χ1v) is 18.2. The van der Waals surface area contributed by atoms with E-state index in [2.05, 4.69) is 41.5 Å². The number of carbonyl (C=O) groups is 7. The molecular weight excluding hydrogens is 704 g/mol. The van der Waals surface area contributed by atoms with Crippen molar-refractivity contribution in [3.63, 3.8) is 0 Å². The van der Waals surface area contributed by atoms with E-state index in [0.29, 0.717) is 25.1 Å². The number of H-pyrrole nitrogens is 1. The summed E-state index contributed by atoms with van der Waals surface area (Å²) in [6.45, 7) is 8.56. The predicted molar refractivity (Wildman–Crippen MR) is 198 cm³/mol. The molecule has 2 heterocycles. The molecule has 0 unspecified atom stereocenters. The molecule has 13 N–H and O–H groups in total. The molecule has 1 fully saturated rings. The van der Waals surface area contributed by atoms with Crippen LogP contribution in [0.2, 0.25) is 0 Å². The Hall–Kier alpha value is -5.27. The highest BCUT2D eigenvalue weighted by atomic mass is 16.4. The number of amides is 6. The molecule has 0 aliphatic carbocycles. The maximum Gasteiger partial charge on any atom is 0.325 e. The van der Waals surface area contributed by atoms with Crippen molar-refractivity contribution in [1.29, 1.82) is 0 Å².